The van der Waals surface area contributed by atoms with E-state index in [0.717, 1.165) is 49.4 Å². The summed E-state index contributed by atoms with van der Waals surface area (Å²) < 4.78 is 0. The van der Waals surface area contributed by atoms with E-state index in [2.05, 4.69) is 17.1 Å². The Morgan fingerprint density at radius 3 is 2.43 bits per heavy atom. The number of rotatable bonds is 8. The SMILES string of the molecule is CCCN(CCN(C)C)C(=O)c1ccc(C)cc1NCC. The highest BCUT2D eigenvalue weighted by molar-refractivity contribution is 5.99. The summed E-state index contributed by atoms with van der Waals surface area (Å²) in [5, 5.41) is 3.30. The summed E-state index contributed by atoms with van der Waals surface area (Å²) in [6.45, 7) is 9.46. The zero-order valence-corrected chi connectivity index (χ0v) is 14.1. The lowest BCUT2D eigenvalue weighted by Crippen LogP contribution is -2.37. The third-order valence-corrected chi connectivity index (χ3v) is 3.37. The van der Waals surface area contributed by atoms with Crippen molar-refractivity contribution in [2.75, 3.05) is 45.6 Å². The molecule has 0 spiro atoms. The molecule has 1 aromatic rings. The van der Waals surface area contributed by atoms with Crippen LogP contribution in [0.25, 0.3) is 0 Å². The van der Waals surface area contributed by atoms with E-state index in [9.17, 15) is 4.79 Å². The average molecular weight is 291 g/mol. The molecule has 0 aliphatic carbocycles. The summed E-state index contributed by atoms with van der Waals surface area (Å²) in [6, 6.07) is 5.99. The molecule has 0 saturated carbocycles. The monoisotopic (exact) mass is 291 g/mol. The molecule has 0 aromatic heterocycles. The Kier molecular flexibility index (Phi) is 7.23. The van der Waals surface area contributed by atoms with E-state index in [4.69, 9.17) is 0 Å². The molecule has 0 aliphatic rings. The second kappa shape index (κ2) is 8.67. The van der Waals surface area contributed by atoms with Gasteiger partial charge in [0.05, 0.1) is 5.56 Å². The molecular weight excluding hydrogens is 262 g/mol. The summed E-state index contributed by atoms with van der Waals surface area (Å²) in [5.41, 5.74) is 2.88. The van der Waals surface area contributed by atoms with Crippen LogP contribution in [-0.4, -0.2) is 56.0 Å². The summed E-state index contributed by atoms with van der Waals surface area (Å²) in [4.78, 5) is 16.9. The van der Waals surface area contributed by atoms with Gasteiger partial charge >= 0.3 is 0 Å². The van der Waals surface area contributed by atoms with Gasteiger partial charge in [-0.25, -0.2) is 0 Å². The lowest BCUT2D eigenvalue weighted by molar-refractivity contribution is 0.0746. The zero-order valence-electron chi connectivity index (χ0n) is 14.1. The number of nitrogens with zero attached hydrogens (tertiary/aromatic N) is 2. The maximum Gasteiger partial charge on any atom is 0.255 e. The topological polar surface area (TPSA) is 35.6 Å². The number of carbonyl (C=O) groups excluding carboxylic acids is 1. The third-order valence-electron chi connectivity index (χ3n) is 3.37. The number of benzene rings is 1. The molecule has 4 heteroatoms. The summed E-state index contributed by atoms with van der Waals surface area (Å²) in [6.07, 6.45) is 0.974. The molecule has 118 valence electrons. The largest absolute Gasteiger partial charge is 0.385 e. The highest BCUT2D eigenvalue weighted by Gasteiger charge is 2.18. The van der Waals surface area contributed by atoms with Crippen LogP contribution in [0.3, 0.4) is 0 Å². The van der Waals surface area contributed by atoms with E-state index in [1.807, 2.05) is 51.0 Å². The molecule has 21 heavy (non-hydrogen) atoms. The third kappa shape index (κ3) is 5.38. The second-order valence-corrected chi connectivity index (χ2v) is 5.67. The van der Waals surface area contributed by atoms with Crippen LogP contribution in [0.5, 0.6) is 0 Å². The highest BCUT2D eigenvalue weighted by Crippen LogP contribution is 2.19. The van der Waals surface area contributed by atoms with Crippen LogP contribution in [0.4, 0.5) is 5.69 Å². The fourth-order valence-corrected chi connectivity index (χ4v) is 2.26. The minimum Gasteiger partial charge on any atom is -0.385 e. The Bertz CT molecular complexity index is 457. The van der Waals surface area contributed by atoms with Crippen molar-refractivity contribution in [1.29, 1.82) is 0 Å². The average Bonchev–Trinajstić information content (AvgIpc) is 2.43. The first kappa shape index (κ1) is 17.5. The number of amides is 1. The van der Waals surface area contributed by atoms with Crippen LogP contribution in [0, 0.1) is 6.92 Å². The summed E-state index contributed by atoms with van der Waals surface area (Å²) >= 11 is 0. The first-order chi connectivity index (χ1) is 9.99. The lowest BCUT2D eigenvalue weighted by atomic mass is 10.1. The maximum atomic E-state index is 12.8. The Morgan fingerprint density at radius 1 is 1.14 bits per heavy atom. The number of hydrogen-bond donors (Lipinski definition) is 1. The first-order valence-corrected chi connectivity index (χ1v) is 7.78. The number of likely N-dealkylation sites (N-methyl/N-ethyl adjacent to an activating group) is 1. The minimum atomic E-state index is 0.120. The van der Waals surface area contributed by atoms with Crippen LogP contribution >= 0.6 is 0 Å². The standard InChI is InChI=1S/C17H29N3O/c1-6-10-20(12-11-19(4)5)17(21)15-9-8-14(3)13-16(15)18-7-2/h8-9,13,18H,6-7,10-12H2,1-5H3. The van der Waals surface area contributed by atoms with Gasteiger partial charge < -0.3 is 15.1 Å². The van der Waals surface area contributed by atoms with Gasteiger partial charge in [0.15, 0.2) is 0 Å². The molecule has 1 amide bonds. The molecular formula is C17H29N3O. The van der Waals surface area contributed by atoms with Crippen molar-refractivity contribution in [3.63, 3.8) is 0 Å². The Labute approximate surface area is 129 Å². The lowest BCUT2D eigenvalue weighted by Gasteiger charge is -2.25. The predicted molar refractivity (Wildman–Crippen MR) is 90.1 cm³/mol. The fourth-order valence-electron chi connectivity index (χ4n) is 2.26. The number of aryl methyl sites for hydroxylation is 1. The quantitative estimate of drug-likeness (QED) is 0.800. The molecule has 0 unspecified atom stereocenters. The smallest absolute Gasteiger partial charge is 0.255 e. The van der Waals surface area contributed by atoms with Crippen molar-refractivity contribution in [2.45, 2.75) is 27.2 Å². The normalized spacial score (nSPS) is 10.8. The van der Waals surface area contributed by atoms with Gasteiger partial charge in [-0.2, -0.15) is 0 Å². The van der Waals surface area contributed by atoms with Crippen molar-refractivity contribution >= 4 is 11.6 Å². The van der Waals surface area contributed by atoms with Crippen LogP contribution in [0.1, 0.15) is 36.2 Å². The highest BCUT2D eigenvalue weighted by atomic mass is 16.2. The van der Waals surface area contributed by atoms with Crippen molar-refractivity contribution in [2.24, 2.45) is 0 Å². The number of carbonyl (C=O) groups is 1. The molecule has 0 fully saturated rings. The molecule has 4 nitrogen and oxygen atoms in total. The zero-order chi connectivity index (χ0) is 15.8. The fraction of sp³-hybridized carbons (Fsp3) is 0.588. The van der Waals surface area contributed by atoms with Gasteiger partial charge in [0.2, 0.25) is 0 Å². The van der Waals surface area contributed by atoms with E-state index in [1.54, 1.807) is 0 Å². The van der Waals surface area contributed by atoms with Crippen molar-refractivity contribution < 1.29 is 4.79 Å². The number of hydrogen-bond acceptors (Lipinski definition) is 3. The van der Waals surface area contributed by atoms with Crippen LogP contribution < -0.4 is 5.32 Å². The molecule has 0 bridgehead atoms. The number of nitrogens with one attached hydrogen (secondary N) is 1. The molecule has 1 rings (SSSR count). The Balaban J connectivity index is 2.96. The van der Waals surface area contributed by atoms with Crippen LogP contribution in [-0.2, 0) is 0 Å². The van der Waals surface area contributed by atoms with Crippen LogP contribution in [0.15, 0.2) is 18.2 Å². The Morgan fingerprint density at radius 2 is 1.86 bits per heavy atom. The van der Waals surface area contributed by atoms with Crippen molar-refractivity contribution in [3.05, 3.63) is 29.3 Å². The second-order valence-electron chi connectivity index (χ2n) is 5.67. The van der Waals surface area contributed by atoms with Gasteiger partial charge in [0.25, 0.3) is 5.91 Å². The summed E-state index contributed by atoms with van der Waals surface area (Å²) in [7, 11) is 4.06. The van der Waals surface area contributed by atoms with Gasteiger partial charge in [0.1, 0.15) is 0 Å². The van der Waals surface area contributed by atoms with E-state index < -0.39 is 0 Å². The van der Waals surface area contributed by atoms with E-state index in [1.165, 1.54) is 0 Å². The van der Waals surface area contributed by atoms with Gasteiger partial charge in [0, 0.05) is 31.9 Å². The molecule has 0 atom stereocenters. The molecule has 0 aliphatic heterocycles. The van der Waals surface area contributed by atoms with E-state index in [-0.39, 0.29) is 5.91 Å². The van der Waals surface area contributed by atoms with Crippen LogP contribution in [0.2, 0.25) is 0 Å². The Hall–Kier alpha value is -1.55. The molecule has 0 heterocycles. The number of anilines is 1. The van der Waals surface area contributed by atoms with Crippen molar-refractivity contribution in [3.8, 4) is 0 Å². The van der Waals surface area contributed by atoms with Gasteiger partial charge in [-0.3, -0.25) is 4.79 Å². The predicted octanol–water partition coefficient (Wildman–Crippen LogP) is 2.84. The van der Waals surface area contributed by atoms with E-state index in [0.29, 0.717) is 0 Å². The van der Waals surface area contributed by atoms with Crippen molar-refractivity contribution in [1.82, 2.24) is 9.80 Å². The first-order valence-electron chi connectivity index (χ1n) is 7.78. The molecule has 1 aromatic carbocycles. The van der Waals surface area contributed by atoms with Gasteiger partial charge in [-0.1, -0.05) is 13.0 Å². The van der Waals surface area contributed by atoms with Gasteiger partial charge in [-0.05, 0) is 52.1 Å². The van der Waals surface area contributed by atoms with Gasteiger partial charge in [-0.15, -0.1) is 0 Å². The molecule has 0 radical (unpaired) electrons. The molecule has 0 saturated heterocycles. The maximum absolute atomic E-state index is 12.8. The molecule has 1 N–H and O–H groups in total. The summed E-state index contributed by atoms with van der Waals surface area (Å²) in [5.74, 6) is 0.120. The minimum absolute atomic E-state index is 0.120. The van der Waals surface area contributed by atoms with E-state index >= 15 is 0 Å².